The van der Waals surface area contributed by atoms with Crippen molar-refractivity contribution in [2.45, 2.75) is 45.3 Å². The van der Waals surface area contributed by atoms with Crippen molar-refractivity contribution in [3.8, 4) is 0 Å². The van der Waals surface area contributed by atoms with Crippen molar-refractivity contribution in [2.75, 3.05) is 20.8 Å². The van der Waals surface area contributed by atoms with Crippen LogP contribution in [-0.2, 0) is 25.6 Å². The Hall–Kier alpha value is -2.61. The lowest BCUT2D eigenvalue weighted by molar-refractivity contribution is -0.146. The van der Waals surface area contributed by atoms with Crippen molar-refractivity contribution in [1.82, 2.24) is 16.0 Å². The fraction of sp³-hybridized carbons (Fsp3) is 0.550. The first-order chi connectivity index (χ1) is 13.4. The lowest BCUT2D eigenvalue weighted by Gasteiger charge is -2.24. The molecule has 0 aromatic heterocycles. The average molecular weight is 393 g/mol. The molecule has 0 saturated carbocycles. The third-order valence-electron chi connectivity index (χ3n) is 4.10. The number of methoxy groups -OCH3 is 2. The third kappa shape index (κ3) is 8.85. The van der Waals surface area contributed by atoms with E-state index in [2.05, 4.69) is 16.0 Å². The van der Waals surface area contributed by atoms with E-state index in [1.165, 1.54) is 14.2 Å². The number of esters is 2. The van der Waals surface area contributed by atoms with Gasteiger partial charge in [0.25, 0.3) is 0 Å². The summed E-state index contributed by atoms with van der Waals surface area (Å²) >= 11 is 0. The highest BCUT2D eigenvalue weighted by molar-refractivity contribution is 5.79. The summed E-state index contributed by atoms with van der Waals surface area (Å²) in [6.45, 7) is 4.60. The molecule has 1 rings (SSSR count). The molecule has 2 atom stereocenters. The fourth-order valence-corrected chi connectivity index (χ4v) is 2.67. The summed E-state index contributed by atoms with van der Waals surface area (Å²) in [7, 11) is 2.59. The molecule has 0 aliphatic rings. The van der Waals surface area contributed by atoms with Gasteiger partial charge in [-0.1, -0.05) is 44.2 Å². The third-order valence-corrected chi connectivity index (χ3v) is 4.10. The van der Waals surface area contributed by atoms with Gasteiger partial charge < -0.3 is 20.1 Å². The van der Waals surface area contributed by atoms with Crippen LogP contribution in [0.4, 0.5) is 4.79 Å². The van der Waals surface area contributed by atoms with E-state index in [1.807, 2.05) is 44.2 Å². The van der Waals surface area contributed by atoms with Gasteiger partial charge in [-0.15, -0.1) is 0 Å². The second-order valence-electron chi connectivity index (χ2n) is 6.83. The summed E-state index contributed by atoms with van der Waals surface area (Å²) in [4.78, 5) is 36.0. The fourth-order valence-electron chi connectivity index (χ4n) is 2.67. The zero-order valence-electron chi connectivity index (χ0n) is 17.0. The van der Waals surface area contributed by atoms with Crippen LogP contribution in [0.3, 0.4) is 0 Å². The van der Waals surface area contributed by atoms with Gasteiger partial charge in [-0.3, -0.25) is 14.9 Å². The largest absolute Gasteiger partial charge is 0.468 e. The summed E-state index contributed by atoms with van der Waals surface area (Å²) in [6, 6.07) is 7.85. The molecule has 1 aromatic rings. The number of nitrogens with one attached hydrogen (secondary N) is 3. The number of hydrogen-bond acceptors (Lipinski definition) is 6. The van der Waals surface area contributed by atoms with E-state index in [4.69, 9.17) is 9.47 Å². The van der Waals surface area contributed by atoms with Gasteiger partial charge in [0.2, 0.25) is 0 Å². The second-order valence-corrected chi connectivity index (χ2v) is 6.83. The van der Waals surface area contributed by atoms with E-state index >= 15 is 0 Å². The van der Waals surface area contributed by atoms with Gasteiger partial charge in [-0.25, -0.2) is 4.79 Å². The van der Waals surface area contributed by atoms with Crippen LogP contribution in [0, 0.1) is 5.92 Å². The molecule has 0 radical (unpaired) electrons. The first-order valence-corrected chi connectivity index (χ1v) is 9.34. The molecule has 0 heterocycles. The van der Waals surface area contributed by atoms with Gasteiger partial charge in [0.15, 0.2) is 0 Å². The number of carbonyl (C=O) groups excluding carboxylic acids is 3. The molecule has 0 aliphatic heterocycles. The van der Waals surface area contributed by atoms with Crippen molar-refractivity contribution < 1.29 is 23.9 Å². The molecule has 8 heteroatoms. The summed E-state index contributed by atoms with van der Waals surface area (Å²) in [6.07, 6.45) is 0.794. The van der Waals surface area contributed by atoms with Gasteiger partial charge in [-0.2, -0.15) is 0 Å². The Balaban J connectivity index is 2.52. The number of amides is 2. The quantitative estimate of drug-likeness (QED) is 0.493. The van der Waals surface area contributed by atoms with Crippen LogP contribution < -0.4 is 16.0 Å². The molecule has 156 valence electrons. The normalized spacial score (nSPS) is 12.8. The number of carbonyl (C=O) groups is 3. The van der Waals surface area contributed by atoms with Gasteiger partial charge >= 0.3 is 18.0 Å². The molecule has 2 amide bonds. The Morgan fingerprint density at radius 2 is 1.54 bits per heavy atom. The monoisotopic (exact) mass is 393 g/mol. The minimum atomic E-state index is -0.734. The summed E-state index contributed by atoms with van der Waals surface area (Å²) in [5.41, 5.74) is 0.987. The summed E-state index contributed by atoms with van der Waals surface area (Å²) < 4.78 is 9.62. The van der Waals surface area contributed by atoms with Crippen molar-refractivity contribution in [3.63, 3.8) is 0 Å². The molecule has 8 nitrogen and oxygen atoms in total. The second kappa shape index (κ2) is 12.7. The molecule has 3 N–H and O–H groups in total. The number of rotatable bonds is 11. The number of benzene rings is 1. The Morgan fingerprint density at radius 3 is 2.11 bits per heavy atom. The van der Waals surface area contributed by atoms with Crippen LogP contribution in [0.15, 0.2) is 30.3 Å². The van der Waals surface area contributed by atoms with E-state index in [0.29, 0.717) is 13.0 Å². The molecule has 0 spiro atoms. The Morgan fingerprint density at radius 1 is 0.929 bits per heavy atom. The van der Waals surface area contributed by atoms with Crippen LogP contribution >= 0.6 is 0 Å². The van der Waals surface area contributed by atoms with E-state index in [0.717, 1.165) is 5.56 Å². The smallest absolute Gasteiger partial charge is 0.322 e. The number of urea groups is 1. The predicted octanol–water partition coefficient (Wildman–Crippen LogP) is 1.59. The molecule has 0 fully saturated rings. The first kappa shape index (κ1) is 23.4. The molecule has 0 unspecified atom stereocenters. The topological polar surface area (TPSA) is 106 Å². The summed E-state index contributed by atoms with van der Waals surface area (Å²) in [5.74, 6) is -0.697. The van der Waals surface area contributed by atoms with Crippen molar-refractivity contribution in [1.29, 1.82) is 0 Å². The average Bonchev–Trinajstić information content (AvgIpc) is 2.70. The van der Waals surface area contributed by atoms with Crippen LogP contribution in [0.2, 0.25) is 0 Å². The van der Waals surface area contributed by atoms with Gasteiger partial charge in [-0.05, 0) is 24.3 Å². The van der Waals surface area contributed by atoms with Crippen LogP contribution in [-0.4, -0.2) is 50.8 Å². The number of hydrogen-bond donors (Lipinski definition) is 3. The zero-order chi connectivity index (χ0) is 20.9. The standard InChI is InChI=1S/C20H31N3O5/c1-14(2)12-17(19(25)28-4)23-16(18(24)27-3)10-11-21-20(26)22-13-15-8-6-5-7-9-15/h5-9,14,16-17,23H,10-13H2,1-4H3,(H2,21,22,26)/t16-,17-/m0/s1. The predicted molar refractivity (Wildman–Crippen MR) is 105 cm³/mol. The summed E-state index contributed by atoms with van der Waals surface area (Å²) in [5, 5.41) is 8.45. The zero-order valence-corrected chi connectivity index (χ0v) is 17.0. The Kier molecular flexibility index (Phi) is 10.6. The maximum atomic E-state index is 12.1. The lowest BCUT2D eigenvalue weighted by atomic mass is 10.0. The minimum Gasteiger partial charge on any atom is -0.468 e. The Bertz CT molecular complexity index is 622. The highest BCUT2D eigenvalue weighted by Crippen LogP contribution is 2.09. The molecular formula is C20H31N3O5. The highest BCUT2D eigenvalue weighted by Gasteiger charge is 2.28. The van der Waals surface area contributed by atoms with E-state index in [-0.39, 0.29) is 24.9 Å². The Labute approximate surface area is 166 Å². The van der Waals surface area contributed by atoms with E-state index in [1.54, 1.807) is 0 Å². The maximum Gasteiger partial charge on any atom is 0.322 e. The molecule has 28 heavy (non-hydrogen) atoms. The molecular weight excluding hydrogens is 362 g/mol. The van der Waals surface area contributed by atoms with Gasteiger partial charge in [0, 0.05) is 13.1 Å². The SMILES string of the molecule is COC(=O)[C@H](CCNC(=O)NCc1ccccc1)N[C@@H](CC(C)C)C(=O)OC. The van der Waals surface area contributed by atoms with Gasteiger partial charge in [0.05, 0.1) is 14.2 Å². The van der Waals surface area contributed by atoms with Crippen molar-refractivity contribution in [3.05, 3.63) is 35.9 Å². The molecule has 0 bridgehead atoms. The minimum absolute atomic E-state index is 0.233. The van der Waals surface area contributed by atoms with Crippen molar-refractivity contribution >= 4 is 18.0 Å². The molecule has 0 aliphatic carbocycles. The highest BCUT2D eigenvalue weighted by atomic mass is 16.5. The first-order valence-electron chi connectivity index (χ1n) is 9.34. The van der Waals surface area contributed by atoms with Gasteiger partial charge in [0.1, 0.15) is 12.1 Å². The number of ether oxygens (including phenoxy) is 2. The van der Waals surface area contributed by atoms with Crippen LogP contribution in [0.1, 0.15) is 32.3 Å². The lowest BCUT2D eigenvalue weighted by Crippen LogP contribution is -2.50. The molecule has 1 aromatic carbocycles. The maximum absolute atomic E-state index is 12.1. The van der Waals surface area contributed by atoms with E-state index in [9.17, 15) is 14.4 Å². The molecule has 0 saturated heterocycles. The van der Waals surface area contributed by atoms with Crippen molar-refractivity contribution in [2.24, 2.45) is 5.92 Å². The van der Waals surface area contributed by atoms with E-state index < -0.39 is 24.0 Å². The van der Waals surface area contributed by atoms with Crippen LogP contribution in [0.5, 0.6) is 0 Å². The van der Waals surface area contributed by atoms with Crippen LogP contribution in [0.25, 0.3) is 0 Å².